The molecule has 21 heavy (non-hydrogen) atoms. The Bertz CT molecular complexity index is 644. The van der Waals surface area contributed by atoms with Crippen molar-refractivity contribution in [2.45, 2.75) is 39.7 Å². The first-order chi connectivity index (χ1) is 9.77. The van der Waals surface area contributed by atoms with Crippen molar-refractivity contribution in [3.05, 3.63) is 63.4 Å². The molecule has 0 saturated carbocycles. The molecule has 0 heterocycles. The molecule has 0 fully saturated rings. The summed E-state index contributed by atoms with van der Waals surface area (Å²) in [5.41, 5.74) is 3.30. The third kappa shape index (κ3) is 4.07. The van der Waals surface area contributed by atoms with E-state index in [0.717, 1.165) is 11.3 Å². The number of benzene rings is 2. The first-order valence-electron chi connectivity index (χ1n) is 6.95. The van der Waals surface area contributed by atoms with Crippen LogP contribution in [0.4, 0.5) is 4.39 Å². The Balaban J connectivity index is 2.23. The van der Waals surface area contributed by atoms with E-state index in [1.165, 1.54) is 17.2 Å². The van der Waals surface area contributed by atoms with E-state index in [2.05, 4.69) is 54.9 Å². The Hall–Kier alpha value is -1.35. The van der Waals surface area contributed by atoms with Crippen molar-refractivity contribution in [3.63, 3.8) is 0 Å². The smallest absolute Gasteiger partial charge is 0.137 e. The number of rotatable bonds is 3. The molecule has 0 amide bonds. The van der Waals surface area contributed by atoms with Crippen LogP contribution in [0.15, 0.2) is 40.9 Å². The van der Waals surface area contributed by atoms with Gasteiger partial charge in [0.25, 0.3) is 0 Å². The van der Waals surface area contributed by atoms with Gasteiger partial charge >= 0.3 is 0 Å². The second-order valence-corrected chi connectivity index (χ2v) is 7.14. The summed E-state index contributed by atoms with van der Waals surface area (Å²) in [5.74, 6) is 0.632. The summed E-state index contributed by atoms with van der Waals surface area (Å²) in [6.45, 7) is 8.97. The standard InChI is InChI=1S/C18H20BrFO/c1-12-5-7-14(18(2,3)4)17(9-12)21-11-13-6-8-16(20)15(19)10-13/h5-10H,11H2,1-4H3. The number of halogens is 2. The summed E-state index contributed by atoms with van der Waals surface area (Å²) in [5, 5.41) is 0. The van der Waals surface area contributed by atoms with Crippen LogP contribution in [0, 0.1) is 12.7 Å². The van der Waals surface area contributed by atoms with Gasteiger partial charge in [0.2, 0.25) is 0 Å². The Labute approximate surface area is 134 Å². The molecule has 0 radical (unpaired) electrons. The van der Waals surface area contributed by atoms with Gasteiger partial charge in [0.1, 0.15) is 18.2 Å². The molecule has 0 N–H and O–H groups in total. The van der Waals surface area contributed by atoms with E-state index in [-0.39, 0.29) is 11.2 Å². The highest BCUT2D eigenvalue weighted by Crippen LogP contribution is 2.32. The minimum Gasteiger partial charge on any atom is -0.489 e. The monoisotopic (exact) mass is 350 g/mol. The maximum atomic E-state index is 13.2. The van der Waals surface area contributed by atoms with E-state index < -0.39 is 0 Å². The highest BCUT2D eigenvalue weighted by molar-refractivity contribution is 9.10. The zero-order chi connectivity index (χ0) is 15.6. The SMILES string of the molecule is Cc1ccc(C(C)(C)C)c(OCc2ccc(F)c(Br)c2)c1. The van der Waals surface area contributed by atoms with Crippen molar-refractivity contribution in [2.24, 2.45) is 0 Å². The summed E-state index contributed by atoms with van der Waals surface area (Å²) >= 11 is 3.20. The van der Waals surface area contributed by atoms with Gasteiger partial charge in [-0.3, -0.25) is 0 Å². The first-order valence-corrected chi connectivity index (χ1v) is 7.74. The molecule has 0 aromatic heterocycles. The molecular formula is C18H20BrFO. The minimum atomic E-state index is -0.260. The summed E-state index contributed by atoms with van der Waals surface area (Å²) < 4.78 is 19.7. The van der Waals surface area contributed by atoms with Crippen LogP contribution in [0.2, 0.25) is 0 Å². The highest BCUT2D eigenvalue weighted by Gasteiger charge is 2.19. The van der Waals surface area contributed by atoms with Gasteiger partial charge < -0.3 is 4.74 Å². The van der Waals surface area contributed by atoms with Gasteiger partial charge in [0.05, 0.1) is 4.47 Å². The van der Waals surface area contributed by atoms with Crippen molar-refractivity contribution >= 4 is 15.9 Å². The van der Waals surface area contributed by atoms with Crippen LogP contribution >= 0.6 is 15.9 Å². The predicted octanol–water partition coefficient (Wildman–Crippen LogP) is 5.77. The normalized spacial score (nSPS) is 11.5. The second-order valence-electron chi connectivity index (χ2n) is 6.29. The van der Waals surface area contributed by atoms with Gasteiger partial charge in [-0.15, -0.1) is 0 Å². The number of hydrogen-bond donors (Lipinski definition) is 0. The molecule has 0 spiro atoms. The largest absolute Gasteiger partial charge is 0.489 e. The molecule has 0 unspecified atom stereocenters. The van der Waals surface area contributed by atoms with Crippen LogP contribution in [-0.2, 0) is 12.0 Å². The molecular weight excluding hydrogens is 331 g/mol. The van der Waals surface area contributed by atoms with Gasteiger partial charge in [-0.1, -0.05) is 39.0 Å². The van der Waals surface area contributed by atoms with Crippen LogP contribution in [-0.4, -0.2) is 0 Å². The molecule has 0 aliphatic heterocycles. The van der Waals surface area contributed by atoms with E-state index in [1.807, 2.05) is 6.92 Å². The molecule has 3 heteroatoms. The van der Waals surface area contributed by atoms with Gasteiger partial charge in [0, 0.05) is 0 Å². The highest BCUT2D eigenvalue weighted by atomic mass is 79.9. The third-order valence-corrected chi connectivity index (χ3v) is 3.93. The molecule has 0 bridgehead atoms. The van der Waals surface area contributed by atoms with E-state index in [0.29, 0.717) is 11.1 Å². The van der Waals surface area contributed by atoms with Crippen LogP contribution in [0.5, 0.6) is 5.75 Å². The van der Waals surface area contributed by atoms with Crippen molar-refractivity contribution in [3.8, 4) is 5.75 Å². The van der Waals surface area contributed by atoms with Crippen molar-refractivity contribution in [2.75, 3.05) is 0 Å². The fourth-order valence-electron chi connectivity index (χ4n) is 2.16. The molecule has 2 aromatic carbocycles. The number of ether oxygens (including phenoxy) is 1. The lowest BCUT2D eigenvalue weighted by Crippen LogP contribution is -2.13. The van der Waals surface area contributed by atoms with Gasteiger partial charge in [-0.25, -0.2) is 4.39 Å². The van der Waals surface area contributed by atoms with Crippen LogP contribution < -0.4 is 4.74 Å². The average molecular weight is 351 g/mol. The van der Waals surface area contributed by atoms with Crippen molar-refractivity contribution in [1.29, 1.82) is 0 Å². The second kappa shape index (κ2) is 6.18. The summed E-state index contributed by atoms with van der Waals surface area (Å²) in [6, 6.07) is 11.2. The van der Waals surface area contributed by atoms with E-state index in [4.69, 9.17) is 4.74 Å². The van der Waals surface area contributed by atoms with Crippen LogP contribution in [0.3, 0.4) is 0 Å². The first kappa shape index (κ1) is 16.0. The zero-order valence-corrected chi connectivity index (χ0v) is 14.4. The van der Waals surface area contributed by atoms with Crippen LogP contribution in [0.25, 0.3) is 0 Å². The maximum absolute atomic E-state index is 13.2. The Morgan fingerprint density at radius 3 is 2.43 bits per heavy atom. The molecule has 0 aliphatic rings. The summed E-state index contributed by atoms with van der Waals surface area (Å²) in [4.78, 5) is 0. The molecule has 0 atom stereocenters. The molecule has 2 rings (SSSR count). The van der Waals surface area contributed by atoms with Crippen LogP contribution in [0.1, 0.15) is 37.5 Å². The number of hydrogen-bond acceptors (Lipinski definition) is 1. The molecule has 0 saturated heterocycles. The molecule has 0 aliphatic carbocycles. The predicted molar refractivity (Wildman–Crippen MR) is 88.3 cm³/mol. The molecule has 2 aromatic rings. The van der Waals surface area contributed by atoms with E-state index >= 15 is 0 Å². The lowest BCUT2D eigenvalue weighted by Gasteiger charge is -2.23. The summed E-state index contributed by atoms with van der Waals surface area (Å²) in [7, 11) is 0. The fourth-order valence-corrected chi connectivity index (χ4v) is 2.59. The summed E-state index contributed by atoms with van der Waals surface area (Å²) in [6.07, 6.45) is 0. The maximum Gasteiger partial charge on any atom is 0.137 e. The average Bonchev–Trinajstić information content (AvgIpc) is 2.39. The topological polar surface area (TPSA) is 9.23 Å². The molecule has 112 valence electrons. The lowest BCUT2D eigenvalue weighted by molar-refractivity contribution is 0.297. The number of aryl methyl sites for hydroxylation is 1. The Morgan fingerprint density at radius 1 is 1.10 bits per heavy atom. The van der Waals surface area contributed by atoms with Gasteiger partial charge in [-0.05, 0) is 63.2 Å². The van der Waals surface area contributed by atoms with Gasteiger partial charge in [0.15, 0.2) is 0 Å². The Kier molecular flexibility index (Phi) is 4.72. The van der Waals surface area contributed by atoms with E-state index in [1.54, 1.807) is 12.1 Å². The Morgan fingerprint density at radius 2 is 1.81 bits per heavy atom. The van der Waals surface area contributed by atoms with Gasteiger partial charge in [-0.2, -0.15) is 0 Å². The minimum absolute atomic E-state index is 0.0203. The fraction of sp³-hybridized carbons (Fsp3) is 0.333. The zero-order valence-electron chi connectivity index (χ0n) is 12.8. The quantitative estimate of drug-likeness (QED) is 0.682. The lowest BCUT2D eigenvalue weighted by atomic mass is 9.86. The van der Waals surface area contributed by atoms with Crippen molar-refractivity contribution in [1.82, 2.24) is 0 Å². The van der Waals surface area contributed by atoms with E-state index in [9.17, 15) is 4.39 Å². The third-order valence-electron chi connectivity index (χ3n) is 3.32. The van der Waals surface area contributed by atoms with Crippen molar-refractivity contribution < 1.29 is 9.13 Å². The molecule has 1 nitrogen and oxygen atoms in total.